The van der Waals surface area contributed by atoms with Gasteiger partial charge in [-0.05, 0) is 6.07 Å². The molecule has 0 spiro atoms. The number of rotatable bonds is 3. The van der Waals surface area contributed by atoms with E-state index < -0.39 is 11.2 Å². The number of hydrogen-bond donors (Lipinski definition) is 2. The Morgan fingerprint density at radius 2 is 1.92 bits per heavy atom. The third kappa shape index (κ3) is 2.69. The van der Waals surface area contributed by atoms with E-state index in [2.05, 4.69) is 5.32 Å². The van der Waals surface area contributed by atoms with Gasteiger partial charge in [-0.2, -0.15) is 0 Å². The van der Waals surface area contributed by atoms with Crippen molar-refractivity contribution < 1.29 is 19.1 Å². The number of hydrogen-bond acceptors (Lipinski definition) is 5. The molecule has 0 bridgehead atoms. The van der Waals surface area contributed by atoms with Gasteiger partial charge in [0.15, 0.2) is 5.76 Å². The van der Waals surface area contributed by atoms with Crippen molar-refractivity contribution in [3.63, 3.8) is 0 Å². The molecule has 2 aromatic carbocycles. The molecule has 6 heteroatoms. The van der Waals surface area contributed by atoms with E-state index in [9.17, 15) is 14.7 Å². The van der Waals surface area contributed by atoms with Crippen LogP contribution in [0, 0.1) is 0 Å². The molecular formula is C18H15NO5. The molecular weight excluding hydrogens is 310 g/mol. The van der Waals surface area contributed by atoms with Gasteiger partial charge >= 0.3 is 0 Å². The van der Waals surface area contributed by atoms with Crippen LogP contribution in [0.1, 0.15) is 6.92 Å². The lowest BCUT2D eigenvalue weighted by molar-refractivity contribution is -0.114. The van der Waals surface area contributed by atoms with Crippen LogP contribution in [-0.2, 0) is 4.79 Å². The van der Waals surface area contributed by atoms with Gasteiger partial charge in [0, 0.05) is 18.6 Å². The van der Waals surface area contributed by atoms with Crippen molar-refractivity contribution in [2.45, 2.75) is 6.92 Å². The average molecular weight is 325 g/mol. The van der Waals surface area contributed by atoms with E-state index in [1.807, 2.05) is 6.07 Å². The molecule has 2 N–H and O–H groups in total. The first kappa shape index (κ1) is 15.6. The van der Waals surface area contributed by atoms with E-state index in [0.717, 1.165) is 0 Å². The van der Waals surface area contributed by atoms with Gasteiger partial charge in [0.1, 0.15) is 11.3 Å². The zero-order valence-corrected chi connectivity index (χ0v) is 13.1. The summed E-state index contributed by atoms with van der Waals surface area (Å²) in [6.07, 6.45) is 0. The number of carbonyl (C=O) groups is 1. The predicted octanol–water partition coefficient (Wildman–Crippen LogP) is 3.13. The summed E-state index contributed by atoms with van der Waals surface area (Å²) in [5, 5.41) is 13.0. The van der Waals surface area contributed by atoms with Crippen LogP contribution in [0.3, 0.4) is 0 Å². The van der Waals surface area contributed by atoms with Crippen molar-refractivity contribution in [3.05, 3.63) is 52.7 Å². The Labute approximate surface area is 137 Å². The van der Waals surface area contributed by atoms with Gasteiger partial charge in [-0.1, -0.05) is 30.3 Å². The van der Waals surface area contributed by atoms with Gasteiger partial charge in [-0.3, -0.25) is 9.59 Å². The molecule has 6 nitrogen and oxygen atoms in total. The summed E-state index contributed by atoms with van der Waals surface area (Å²) in [6.45, 7) is 1.35. The second-order valence-electron chi connectivity index (χ2n) is 5.20. The Hall–Kier alpha value is -3.28. The number of fused-ring (bicyclic) bond motifs is 1. The average Bonchev–Trinajstić information content (AvgIpc) is 2.58. The second-order valence-corrected chi connectivity index (χ2v) is 5.20. The van der Waals surface area contributed by atoms with Gasteiger partial charge in [0.2, 0.25) is 17.1 Å². The molecule has 0 atom stereocenters. The van der Waals surface area contributed by atoms with E-state index in [-0.39, 0.29) is 22.6 Å². The van der Waals surface area contributed by atoms with Crippen LogP contribution in [0.4, 0.5) is 5.69 Å². The normalized spacial score (nSPS) is 10.6. The molecule has 0 saturated heterocycles. The maximum atomic E-state index is 12.5. The number of ether oxygens (including phenoxy) is 1. The number of anilines is 1. The third-order valence-corrected chi connectivity index (χ3v) is 3.54. The number of aromatic hydroxyl groups is 1. The first-order valence-corrected chi connectivity index (χ1v) is 7.22. The molecule has 0 aliphatic rings. The fraction of sp³-hybridized carbons (Fsp3) is 0.111. The first-order valence-electron chi connectivity index (χ1n) is 7.22. The Morgan fingerprint density at radius 1 is 1.21 bits per heavy atom. The lowest BCUT2D eigenvalue weighted by atomic mass is 10.1. The minimum absolute atomic E-state index is 0.0856. The van der Waals surface area contributed by atoms with E-state index in [1.165, 1.54) is 26.2 Å². The molecule has 0 aliphatic heterocycles. The third-order valence-electron chi connectivity index (χ3n) is 3.54. The van der Waals surface area contributed by atoms with E-state index in [4.69, 9.17) is 9.15 Å². The van der Waals surface area contributed by atoms with Crippen molar-refractivity contribution >= 4 is 22.6 Å². The fourth-order valence-corrected chi connectivity index (χ4v) is 2.45. The summed E-state index contributed by atoms with van der Waals surface area (Å²) in [6, 6.07) is 11.8. The number of amides is 1. The molecule has 0 unspecified atom stereocenters. The van der Waals surface area contributed by atoms with Gasteiger partial charge in [0.25, 0.3) is 0 Å². The molecule has 3 aromatic rings. The summed E-state index contributed by atoms with van der Waals surface area (Å²) >= 11 is 0. The molecule has 0 saturated carbocycles. The van der Waals surface area contributed by atoms with Crippen LogP contribution in [0.25, 0.3) is 22.3 Å². The van der Waals surface area contributed by atoms with Gasteiger partial charge < -0.3 is 19.6 Å². The lowest BCUT2D eigenvalue weighted by Crippen LogP contribution is -2.09. The zero-order chi connectivity index (χ0) is 17.3. The van der Waals surface area contributed by atoms with Gasteiger partial charge in [-0.15, -0.1) is 0 Å². The highest BCUT2D eigenvalue weighted by Gasteiger charge is 2.18. The van der Waals surface area contributed by atoms with Crippen molar-refractivity contribution in [1.82, 2.24) is 0 Å². The SMILES string of the molecule is COc1cc2oc(-c3ccccc3)c(O)c(=O)c2cc1NC(C)=O. The molecule has 0 fully saturated rings. The highest BCUT2D eigenvalue weighted by atomic mass is 16.5. The van der Waals surface area contributed by atoms with E-state index >= 15 is 0 Å². The van der Waals surface area contributed by atoms with Crippen LogP contribution in [0.2, 0.25) is 0 Å². The summed E-state index contributed by atoms with van der Waals surface area (Å²) in [4.78, 5) is 23.8. The van der Waals surface area contributed by atoms with Gasteiger partial charge in [0.05, 0.1) is 18.2 Å². The zero-order valence-electron chi connectivity index (χ0n) is 13.1. The van der Waals surface area contributed by atoms with Crippen LogP contribution in [0.15, 0.2) is 51.7 Å². The summed E-state index contributed by atoms with van der Waals surface area (Å²) in [5.74, 6) is -0.345. The van der Waals surface area contributed by atoms with Crippen LogP contribution in [-0.4, -0.2) is 18.1 Å². The highest BCUT2D eigenvalue weighted by Crippen LogP contribution is 2.34. The topological polar surface area (TPSA) is 88.8 Å². The van der Waals surface area contributed by atoms with E-state index in [1.54, 1.807) is 24.3 Å². The quantitative estimate of drug-likeness (QED) is 0.772. The highest BCUT2D eigenvalue weighted by molar-refractivity contribution is 5.95. The predicted molar refractivity (Wildman–Crippen MR) is 90.4 cm³/mol. The number of benzene rings is 2. The smallest absolute Gasteiger partial charge is 0.235 e. The molecule has 1 amide bonds. The molecule has 122 valence electrons. The number of methoxy groups -OCH3 is 1. The summed E-state index contributed by atoms with van der Waals surface area (Å²) < 4.78 is 10.9. The Balaban J connectivity index is 2.29. The molecule has 0 radical (unpaired) electrons. The minimum atomic E-state index is -0.579. The Morgan fingerprint density at radius 3 is 2.54 bits per heavy atom. The number of carbonyl (C=O) groups excluding carboxylic acids is 1. The molecule has 3 rings (SSSR count). The monoisotopic (exact) mass is 325 g/mol. The molecule has 0 aliphatic carbocycles. The molecule has 1 heterocycles. The largest absolute Gasteiger partial charge is 0.502 e. The summed E-state index contributed by atoms with van der Waals surface area (Å²) in [5.41, 5.74) is 0.586. The molecule has 24 heavy (non-hydrogen) atoms. The van der Waals surface area contributed by atoms with E-state index in [0.29, 0.717) is 17.0 Å². The standard InChI is InChI=1S/C18H15NO5/c1-10(20)19-13-8-12-14(9-15(13)23-2)24-18(17(22)16(12)21)11-6-4-3-5-7-11/h3-9,22H,1-2H3,(H,19,20). The summed E-state index contributed by atoms with van der Waals surface area (Å²) in [7, 11) is 1.45. The maximum absolute atomic E-state index is 12.5. The van der Waals surface area contributed by atoms with Crippen LogP contribution >= 0.6 is 0 Å². The Bertz CT molecular complexity index is 976. The minimum Gasteiger partial charge on any atom is -0.502 e. The first-order chi connectivity index (χ1) is 11.5. The van der Waals surface area contributed by atoms with Crippen molar-refractivity contribution in [2.24, 2.45) is 0 Å². The molecule has 1 aromatic heterocycles. The fourth-order valence-electron chi connectivity index (χ4n) is 2.45. The maximum Gasteiger partial charge on any atom is 0.235 e. The van der Waals surface area contributed by atoms with Crippen LogP contribution < -0.4 is 15.5 Å². The van der Waals surface area contributed by atoms with Crippen molar-refractivity contribution in [2.75, 3.05) is 12.4 Å². The second kappa shape index (κ2) is 6.08. The number of nitrogens with one attached hydrogen (secondary N) is 1. The van der Waals surface area contributed by atoms with Crippen molar-refractivity contribution in [3.8, 4) is 22.8 Å². The Kier molecular flexibility index (Phi) is 3.95. The van der Waals surface area contributed by atoms with Crippen molar-refractivity contribution in [1.29, 1.82) is 0 Å². The van der Waals surface area contributed by atoms with Crippen LogP contribution in [0.5, 0.6) is 11.5 Å². The lowest BCUT2D eigenvalue weighted by Gasteiger charge is -2.11. The van der Waals surface area contributed by atoms with Gasteiger partial charge in [-0.25, -0.2) is 0 Å².